The van der Waals surface area contributed by atoms with Gasteiger partial charge in [-0.2, -0.15) is 4.37 Å². The Labute approximate surface area is 79.8 Å². The minimum atomic E-state index is 0.728. The van der Waals surface area contributed by atoms with E-state index in [1.54, 1.807) is 0 Å². The lowest BCUT2D eigenvalue weighted by Gasteiger charge is -1.94. The molecule has 0 saturated heterocycles. The zero-order valence-corrected chi connectivity index (χ0v) is 7.77. The van der Waals surface area contributed by atoms with Gasteiger partial charge in [-0.15, -0.1) is 0 Å². The Bertz CT molecular complexity index is 369. The summed E-state index contributed by atoms with van der Waals surface area (Å²) in [7, 11) is 0. The lowest BCUT2D eigenvalue weighted by molar-refractivity contribution is 1.52. The van der Waals surface area contributed by atoms with Crippen molar-refractivity contribution >= 4 is 23.1 Å². The minimum absolute atomic E-state index is 0.728. The van der Waals surface area contributed by atoms with Crippen molar-refractivity contribution in [3.05, 3.63) is 40.7 Å². The van der Waals surface area contributed by atoms with Crippen LogP contribution in [0.2, 0.25) is 5.02 Å². The molecule has 0 fully saturated rings. The number of aromatic nitrogens is 1. The molecular weight excluding hydrogens is 190 g/mol. The van der Waals surface area contributed by atoms with E-state index >= 15 is 0 Å². The molecule has 60 valence electrons. The third-order valence-electron chi connectivity index (χ3n) is 1.57. The van der Waals surface area contributed by atoms with Crippen LogP contribution in [0.1, 0.15) is 0 Å². The molecule has 0 atom stereocenters. The Kier molecular flexibility index (Phi) is 2.11. The van der Waals surface area contributed by atoms with Crippen LogP contribution in [0.5, 0.6) is 0 Å². The molecule has 0 spiro atoms. The first-order valence-corrected chi connectivity index (χ1v) is 4.74. The minimum Gasteiger partial charge on any atom is -0.191 e. The predicted molar refractivity (Wildman–Crippen MR) is 52.6 cm³/mol. The van der Waals surface area contributed by atoms with Crippen LogP contribution in [0.15, 0.2) is 35.7 Å². The molecule has 0 saturated carbocycles. The van der Waals surface area contributed by atoms with Gasteiger partial charge in [0.1, 0.15) is 5.69 Å². The zero-order valence-electron chi connectivity index (χ0n) is 6.20. The van der Waals surface area contributed by atoms with Crippen LogP contribution in [0, 0.1) is 0 Å². The van der Waals surface area contributed by atoms with Crippen molar-refractivity contribution in [3.63, 3.8) is 0 Å². The maximum atomic E-state index is 5.92. The van der Waals surface area contributed by atoms with Gasteiger partial charge < -0.3 is 0 Å². The fraction of sp³-hybridized carbons (Fsp3) is 0. The van der Waals surface area contributed by atoms with Gasteiger partial charge in [0.2, 0.25) is 0 Å². The van der Waals surface area contributed by atoms with E-state index in [1.165, 1.54) is 11.5 Å². The van der Waals surface area contributed by atoms with Crippen LogP contribution in [-0.2, 0) is 0 Å². The Morgan fingerprint density at radius 3 is 2.50 bits per heavy atom. The summed E-state index contributed by atoms with van der Waals surface area (Å²) in [5.41, 5.74) is 1.95. The highest BCUT2D eigenvalue weighted by Gasteiger charge is 2.04. The van der Waals surface area contributed by atoms with Crippen molar-refractivity contribution in [1.82, 2.24) is 4.37 Å². The van der Waals surface area contributed by atoms with Crippen molar-refractivity contribution in [2.75, 3.05) is 0 Å². The lowest BCUT2D eigenvalue weighted by Crippen LogP contribution is -1.75. The van der Waals surface area contributed by atoms with Gasteiger partial charge in [0.15, 0.2) is 0 Å². The molecule has 12 heavy (non-hydrogen) atoms. The largest absolute Gasteiger partial charge is 0.191 e. The van der Waals surface area contributed by atoms with Gasteiger partial charge in [0.05, 0.1) is 5.02 Å². The van der Waals surface area contributed by atoms with Gasteiger partial charge in [-0.05, 0) is 11.5 Å². The Morgan fingerprint density at radius 1 is 1.17 bits per heavy atom. The summed E-state index contributed by atoms with van der Waals surface area (Å²) in [4.78, 5) is 0. The van der Waals surface area contributed by atoms with E-state index in [4.69, 9.17) is 11.6 Å². The van der Waals surface area contributed by atoms with Gasteiger partial charge in [0.25, 0.3) is 0 Å². The van der Waals surface area contributed by atoms with E-state index in [9.17, 15) is 0 Å². The fourth-order valence-electron chi connectivity index (χ4n) is 1.01. The second-order valence-electron chi connectivity index (χ2n) is 2.38. The molecule has 3 heteroatoms. The fourth-order valence-corrected chi connectivity index (χ4v) is 1.90. The number of rotatable bonds is 1. The van der Waals surface area contributed by atoms with Gasteiger partial charge in [-0.25, -0.2) is 0 Å². The van der Waals surface area contributed by atoms with E-state index in [2.05, 4.69) is 4.37 Å². The molecular formula is C9H6ClNS. The number of hydrogen-bond donors (Lipinski definition) is 0. The van der Waals surface area contributed by atoms with Gasteiger partial charge in [-0.3, -0.25) is 0 Å². The molecule has 0 unspecified atom stereocenters. The lowest BCUT2D eigenvalue weighted by atomic mass is 10.2. The van der Waals surface area contributed by atoms with Crippen molar-refractivity contribution in [2.24, 2.45) is 0 Å². The normalized spacial score (nSPS) is 10.1. The second kappa shape index (κ2) is 3.25. The molecule has 2 rings (SSSR count). The van der Waals surface area contributed by atoms with Crippen molar-refractivity contribution in [1.29, 1.82) is 0 Å². The molecule has 1 heterocycles. The number of benzene rings is 1. The van der Waals surface area contributed by atoms with Crippen molar-refractivity contribution in [3.8, 4) is 11.3 Å². The molecule has 0 aliphatic rings. The molecule has 0 aliphatic heterocycles. The highest BCUT2D eigenvalue weighted by atomic mass is 35.5. The summed E-state index contributed by atoms with van der Waals surface area (Å²) in [6.45, 7) is 0. The zero-order chi connectivity index (χ0) is 8.39. The molecule has 2 aromatic rings. The summed E-state index contributed by atoms with van der Waals surface area (Å²) in [5.74, 6) is 0. The van der Waals surface area contributed by atoms with Crippen molar-refractivity contribution < 1.29 is 0 Å². The van der Waals surface area contributed by atoms with Crippen LogP contribution in [0.3, 0.4) is 0 Å². The van der Waals surface area contributed by atoms with E-state index in [-0.39, 0.29) is 0 Å². The van der Waals surface area contributed by atoms with Crippen LogP contribution in [-0.4, -0.2) is 4.37 Å². The molecule has 1 aromatic carbocycles. The average molecular weight is 196 g/mol. The summed E-state index contributed by atoms with van der Waals surface area (Å²) in [6, 6.07) is 9.93. The quantitative estimate of drug-likeness (QED) is 0.679. The summed E-state index contributed by atoms with van der Waals surface area (Å²) < 4.78 is 4.20. The average Bonchev–Trinajstić information content (AvgIpc) is 2.53. The molecule has 0 aliphatic carbocycles. The summed E-state index contributed by atoms with van der Waals surface area (Å²) >= 11 is 7.30. The molecule has 0 N–H and O–H groups in total. The summed E-state index contributed by atoms with van der Waals surface area (Å²) in [5, 5.41) is 2.57. The first-order chi connectivity index (χ1) is 5.88. The van der Waals surface area contributed by atoms with Crippen LogP contribution in [0.4, 0.5) is 0 Å². The van der Waals surface area contributed by atoms with Gasteiger partial charge >= 0.3 is 0 Å². The van der Waals surface area contributed by atoms with Gasteiger partial charge in [0, 0.05) is 10.9 Å². The highest BCUT2D eigenvalue weighted by Crippen LogP contribution is 2.27. The third-order valence-corrected chi connectivity index (χ3v) is 2.62. The van der Waals surface area contributed by atoms with E-state index in [0.717, 1.165) is 16.3 Å². The number of halogens is 1. The standard InChI is InChI=1S/C9H6ClNS/c10-8-6-12-11-9(8)7-4-2-1-3-5-7/h1-6H. The first-order valence-electron chi connectivity index (χ1n) is 3.53. The molecule has 0 radical (unpaired) electrons. The molecule has 0 bridgehead atoms. The monoisotopic (exact) mass is 195 g/mol. The van der Waals surface area contributed by atoms with E-state index in [1.807, 2.05) is 35.7 Å². The van der Waals surface area contributed by atoms with Crippen LogP contribution in [0.25, 0.3) is 11.3 Å². The third kappa shape index (κ3) is 1.36. The predicted octanol–water partition coefficient (Wildman–Crippen LogP) is 3.46. The Hall–Kier alpha value is -0.860. The van der Waals surface area contributed by atoms with Gasteiger partial charge in [-0.1, -0.05) is 41.9 Å². The SMILES string of the molecule is Clc1csnc1-c1ccccc1. The van der Waals surface area contributed by atoms with E-state index in [0.29, 0.717) is 0 Å². The molecule has 0 amide bonds. The smallest absolute Gasteiger partial charge is 0.103 e. The molecule has 1 aromatic heterocycles. The number of nitrogens with zero attached hydrogens (tertiary/aromatic N) is 1. The topological polar surface area (TPSA) is 12.9 Å². The van der Waals surface area contributed by atoms with E-state index < -0.39 is 0 Å². The first kappa shape index (κ1) is 7.77. The maximum absolute atomic E-state index is 5.92. The Morgan fingerprint density at radius 2 is 1.92 bits per heavy atom. The van der Waals surface area contributed by atoms with Crippen LogP contribution < -0.4 is 0 Å². The maximum Gasteiger partial charge on any atom is 0.103 e. The Balaban J connectivity index is 2.51. The second-order valence-corrected chi connectivity index (χ2v) is 3.41. The summed E-state index contributed by atoms with van der Waals surface area (Å²) in [6.07, 6.45) is 0. The highest BCUT2D eigenvalue weighted by molar-refractivity contribution is 7.04. The van der Waals surface area contributed by atoms with Crippen LogP contribution >= 0.6 is 23.1 Å². The van der Waals surface area contributed by atoms with Crippen molar-refractivity contribution in [2.45, 2.75) is 0 Å². The number of hydrogen-bond acceptors (Lipinski definition) is 2. The molecule has 1 nitrogen and oxygen atoms in total.